The van der Waals surface area contributed by atoms with Crippen molar-refractivity contribution in [3.8, 4) is 0 Å². The summed E-state index contributed by atoms with van der Waals surface area (Å²) < 4.78 is 0. The average molecular weight is 361 g/mol. The molecule has 1 amide bonds. The number of hydrogen-bond donors (Lipinski definition) is 3. The van der Waals surface area contributed by atoms with E-state index in [1.807, 2.05) is 42.5 Å². The van der Waals surface area contributed by atoms with E-state index in [1.54, 1.807) is 13.0 Å². The molecule has 0 aliphatic carbocycles. The minimum atomic E-state index is -0.133. The Morgan fingerprint density at radius 1 is 1.04 bits per heavy atom. The fraction of sp³-hybridized carbons (Fsp3) is 0.273. The lowest BCUT2D eigenvalue weighted by molar-refractivity contribution is -0.110. The van der Waals surface area contributed by atoms with Gasteiger partial charge in [0.2, 0.25) is 0 Å². The number of piperidine rings is 1. The number of nitrogens with one attached hydrogen (secondary N) is 3. The van der Waals surface area contributed by atoms with Crippen LogP contribution in [-0.2, 0) is 4.79 Å². The molecule has 0 spiro atoms. The van der Waals surface area contributed by atoms with Crippen molar-refractivity contribution >= 4 is 28.6 Å². The number of ketones is 1. The fourth-order valence-corrected chi connectivity index (χ4v) is 3.71. The third kappa shape index (κ3) is 3.51. The van der Waals surface area contributed by atoms with Crippen molar-refractivity contribution in [1.82, 2.24) is 10.6 Å². The average Bonchev–Trinajstić information content (AvgIpc) is 3.02. The number of Topliss-reactive ketones (excluding diaryl/α,β-unsaturated/α-hetero) is 1. The van der Waals surface area contributed by atoms with Gasteiger partial charge in [0.25, 0.3) is 5.91 Å². The van der Waals surface area contributed by atoms with Crippen molar-refractivity contribution in [2.45, 2.75) is 25.8 Å². The lowest BCUT2D eigenvalue weighted by atomic mass is 9.96. The molecule has 0 aromatic heterocycles. The second-order valence-corrected chi connectivity index (χ2v) is 7.06. The number of hydrogen-bond acceptors (Lipinski definition) is 4. The van der Waals surface area contributed by atoms with Crippen LogP contribution in [0.5, 0.6) is 0 Å². The van der Waals surface area contributed by atoms with Gasteiger partial charge in [0.05, 0.1) is 11.3 Å². The quantitative estimate of drug-likeness (QED) is 0.578. The normalized spacial score (nSPS) is 18.6. The molecule has 0 bridgehead atoms. The lowest BCUT2D eigenvalue weighted by Crippen LogP contribution is -2.39. The van der Waals surface area contributed by atoms with Crippen molar-refractivity contribution in [3.05, 3.63) is 65.2 Å². The third-order valence-corrected chi connectivity index (χ3v) is 5.17. The van der Waals surface area contributed by atoms with Gasteiger partial charge in [-0.1, -0.05) is 30.3 Å². The molecule has 2 heterocycles. The van der Waals surface area contributed by atoms with Gasteiger partial charge in [-0.05, 0) is 56.6 Å². The minimum absolute atomic E-state index is 0.0101. The Morgan fingerprint density at radius 3 is 2.48 bits per heavy atom. The molecule has 5 nitrogen and oxygen atoms in total. The van der Waals surface area contributed by atoms with E-state index in [0.29, 0.717) is 17.2 Å². The molecule has 3 N–H and O–H groups in total. The molecule has 0 radical (unpaired) electrons. The molecule has 2 aromatic rings. The number of anilines is 1. The summed E-state index contributed by atoms with van der Waals surface area (Å²) in [6.45, 7) is 3.47. The van der Waals surface area contributed by atoms with Gasteiger partial charge >= 0.3 is 0 Å². The van der Waals surface area contributed by atoms with Gasteiger partial charge in [-0.15, -0.1) is 0 Å². The molecule has 1 saturated heterocycles. The van der Waals surface area contributed by atoms with Crippen molar-refractivity contribution < 1.29 is 9.59 Å². The van der Waals surface area contributed by atoms with E-state index in [9.17, 15) is 9.59 Å². The van der Waals surface area contributed by atoms with E-state index < -0.39 is 0 Å². The van der Waals surface area contributed by atoms with Gasteiger partial charge in [-0.25, -0.2) is 0 Å². The summed E-state index contributed by atoms with van der Waals surface area (Å²) in [5.74, 6) is -0.143. The standard InChI is InChI=1S/C22H23N3O2/c1-14(26)16-7-8-19-18(13-16)20(22(27)25-19)21(15-5-3-2-4-6-15)24-17-9-11-23-12-10-17/h2-8,13,17,23-24H,9-12H2,1H3,(H,25,27)/b21-20-. The summed E-state index contributed by atoms with van der Waals surface area (Å²) in [4.78, 5) is 24.7. The van der Waals surface area contributed by atoms with Crippen molar-refractivity contribution in [2.24, 2.45) is 0 Å². The fourth-order valence-electron chi connectivity index (χ4n) is 3.71. The molecule has 138 valence electrons. The highest BCUT2D eigenvalue weighted by atomic mass is 16.2. The minimum Gasteiger partial charge on any atom is -0.381 e. The molecule has 2 aromatic carbocycles. The van der Waals surface area contributed by atoms with Crippen LogP contribution in [0.25, 0.3) is 11.3 Å². The summed E-state index contributed by atoms with van der Waals surface area (Å²) >= 11 is 0. The summed E-state index contributed by atoms with van der Waals surface area (Å²) in [6.07, 6.45) is 2.01. The highest BCUT2D eigenvalue weighted by molar-refractivity contribution is 6.36. The second-order valence-electron chi connectivity index (χ2n) is 7.06. The first kappa shape index (κ1) is 17.5. The molecular weight excluding hydrogens is 338 g/mol. The largest absolute Gasteiger partial charge is 0.381 e. The molecule has 0 atom stereocenters. The van der Waals surface area contributed by atoms with Crippen LogP contribution in [0.4, 0.5) is 5.69 Å². The molecule has 0 saturated carbocycles. The van der Waals surface area contributed by atoms with Gasteiger partial charge in [0.1, 0.15) is 0 Å². The van der Waals surface area contributed by atoms with Gasteiger partial charge < -0.3 is 16.0 Å². The smallest absolute Gasteiger partial charge is 0.258 e. The zero-order chi connectivity index (χ0) is 18.8. The number of carbonyl (C=O) groups excluding carboxylic acids is 2. The number of rotatable bonds is 4. The number of amides is 1. The van der Waals surface area contributed by atoms with Gasteiger partial charge in [-0.3, -0.25) is 9.59 Å². The van der Waals surface area contributed by atoms with E-state index >= 15 is 0 Å². The van der Waals surface area contributed by atoms with Gasteiger partial charge in [0.15, 0.2) is 5.78 Å². The lowest BCUT2D eigenvalue weighted by Gasteiger charge is -2.27. The van der Waals surface area contributed by atoms with E-state index in [2.05, 4.69) is 16.0 Å². The first-order chi connectivity index (χ1) is 13.1. The van der Waals surface area contributed by atoms with Crippen LogP contribution >= 0.6 is 0 Å². The van der Waals surface area contributed by atoms with Crippen molar-refractivity contribution in [3.63, 3.8) is 0 Å². The first-order valence-corrected chi connectivity index (χ1v) is 9.37. The van der Waals surface area contributed by atoms with Crippen LogP contribution in [0.15, 0.2) is 48.5 Å². The van der Waals surface area contributed by atoms with E-state index in [0.717, 1.165) is 48.4 Å². The molecule has 2 aliphatic heterocycles. The second kappa shape index (κ2) is 7.37. The predicted octanol–water partition coefficient (Wildman–Crippen LogP) is 3.05. The van der Waals surface area contributed by atoms with Crippen LogP contribution in [0, 0.1) is 0 Å². The molecule has 4 rings (SSSR count). The zero-order valence-corrected chi connectivity index (χ0v) is 15.3. The first-order valence-electron chi connectivity index (χ1n) is 9.37. The Hall–Kier alpha value is -2.92. The molecule has 0 unspecified atom stereocenters. The monoisotopic (exact) mass is 361 g/mol. The Labute approximate surface area is 158 Å². The molecule has 2 aliphatic rings. The Bertz CT molecular complexity index is 912. The number of benzene rings is 2. The van der Waals surface area contributed by atoms with Crippen LogP contribution in [0.2, 0.25) is 0 Å². The number of fused-ring (bicyclic) bond motifs is 1. The highest BCUT2D eigenvalue weighted by Gasteiger charge is 2.30. The topological polar surface area (TPSA) is 70.2 Å². The van der Waals surface area contributed by atoms with Crippen LogP contribution in [-0.4, -0.2) is 30.8 Å². The van der Waals surface area contributed by atoms with Crippen molar-refractivity contribution in [1.29, 1.82) is 0 Å². The van der Waals surface area contributed by atoms with Crippen molar-refractivity contribution in [2.75, 3.05) is 18.4 Å². The summed E-state index contributed by atoms with van der Waals surface area (Å²) in [7, 11) is 0. The maximum atomic E-state index is 12.9. The van der Waals surface area contributed by atoms with Gasteiger partial charge in [-0.2, -0.15) is 0 Å². The molecular formula is C22H23N3O2. The molecule has 27 heavy (non-hydrogen) atoms. The van der Waals surface area contributed by atoms with E-state index in [1.165, 1.54) is 0 Å². The highest BCUT2D eigenvalue weighted by Crippen LogP contribution is 2.37. The van der Waals surface area contributed by atoms with Crippen LogP contribution < -0.4 is 16.0 Å². The third-order valence-electron chi connectivity index (χ3n) is 5.17. The van der Waals surface area contributed by atoms with Crippen LogP contribution in [0.3, 0.4) is 0 Å². The Kier molecular flexibility index (Phi) is 4.77. The SMILES string of the molecule is CC(=O)c1ccc2c(c1)/C(=C(/NC1CCNCC1)c1ccccc1)C(=O)N2. The Balaban J connectivity index is 1.85. The van der Waals surface area contributed by atoms with Gasteiger partial charge in [0, 0.05) is 22.9 Å². The zero-order valence-electron chi connectivity index (χ0n) is 15.3. The van der Waals surface area contributed by atoms with E-state index in [-0.39, 0.29) is 11.7 Å². The number of carbonyl (C=O) groups is 2. The summed E-state index contributed by atoms with van der Waals surface area (Å²) in [6, 6.07) is 15.6. The Morgan fingerprint density at radius 2 is 1.78 bits per heavy atom. The maximum absolute atomic E-state index is 12.9. The van der Waals surface area contributed by atoms with Crippen LogP contribution in [0.1, 0.15) is 41.3 Å². The maximum Gasteiger partial charge on any atom is 0.258 e. The molecule has 1 fully saturated rings. The molecule has 5 heteroatoms. The van der Waals surface area contributed by atoms with E-state index in [4.69, 9.17) is 0 Å². The predicted molar refractivity (Wildman–Crippen MR) is 107 cm³/mol. The summed E-state index contributed by atoms with van der Waals surface area (Å²) in [5, 5.41) is 9.94. The summed E-state index contributed by atoms with van der Waals surface area (Å²) in [5.41, 5.74) is 4.56.